The van der Waals surface area contributed by atoms with Crippen LogP contribution >= 0.6 is 22.7 Å². The van der Waals surface area contributed by atoms with Crippen molar-refractivity contribution in [1.82, 2.24) is 0 Å². The van der Waals surface area contributed by atoms with Gasteiger partial charge in [-0.25, -0.2) is 4.79 Å². The SMILES string of the molecule is COC(=O)c1c(NC(=O)C[NH+]2CCc3sccc3[C@@H]2C2CC2)sc(C)c1C. The largest absolute Gasteiger partial charge is 0.465 e. The molecular formula is C20H25N2O3S2+. The fraction of sp³-hybridized carbons (Fsp3) is 0.500. The summed E-state index contributed by atoms with van der Waals surface area (Å²) in [7, 11) is 1.37. The minimum Gasteiger partial charge on any atom is -0.465 e. The van der Waals surface area contributed by atoms with Crippen LogP contribution in [0.15, 0.2) is 11.4 Å². The Balaban J connectivity index is 1.50. The van der Waals surface area contributed by atoms with Gasteiger partial charge in [-0.15, -0.1) is 22.7 Å². The highest BCUT2D eigenvalue weighted by atomic mass is 32.1. The van der Waals surface area contributed by atoms with Gasteiger partial charge in [-0.05, 0) is 43.7 Å². The van der Waals surface area contributed by atoms with Crippen LogP contribution in [0.3, 0.4) is 0 Å². The van der Waals surface area contributed by atoms with Crippen molar-refractivity contribution in [2.24, 2.45) is 5.92 Å². The van der Waals surface area contributed by atoms with Gasteiger partial charge in [-0.3, -0.25) is 4.79 Å². The van der Waals surface area contributed by atoms with Gasteiger partial charge < -0.3 is 15.0 Å². The van der Waals surface area contributed by atoms with E-state index in [0.717, 1.165) is 23.4 Å². The van der Waals surface area contributed by atoms with Gasteiger partial charge in [-0.1, -0.05) is 0 Å². The minimum absolute atomic E-state index is 0.0271. The van der Waals surface area contributed by atoms with E-state index >= 15 is 0 Å². The van der Waals surface area contributed by atoms with Crippen LogP contribution in [0.25, 0.3) is 0 Å². The van der Waals surface area contributed by atoms with E-state index in [2.05, 4.69) is 16.8 Å². The van der Waals surface area contributed by atoms with Crippen molar-refractivity contribution < 1.29 is 19.2 Å². The van der Waals surface area contributed by atoms with E-state index in [-0.39, 0.29) is 5.91 Å². The molecule has 0 bridgehead atoms. The summed E-state index contributed by atoms with van der Waals surface area (Å²) in [5.41, 5.74) is 2.82. The Morgan fingerprint density at radius 1 is 1.33 bits per heavy atom. The van der Waals surface area contributed by atoms with Crippen LogP contribution in [0.1, 0.15) is 50.1 Å². The quantitative estimate of drug-likeness (QED) is 0.752. The van der Waals surface area contributed by atoms with E-state index < -0.39 is 5.97 Å². The number of carbonyl (C=O) groups excluding carboxylic acids is 2. The van der Waals surface area contributed by atoms with Crippen molar-refractivity contribution in [2.75, 3.05) is 25.5 Å². The molecule has 0 aromatic carbocycles. The highest BCUT2D eigenvalue weighted by molar-refractivity contribution is 7.16. The number of hydrogen-bond acceptors (Lipinski definition) is 5. The van der Waals surface area contributed by atoms with Gasteiger partial charge in [0.1, 0.15) is 11.0 Å². The number of methoxy groups -OCH3 is 1. The maximum absolute atomic E-state index is 12.8. The monoisotopic (exact) mass is 405 g/mol. The highest BCUT2D eigenvalue weighted by Gasteiger charge is 2.43. The molecule has 3 heterocycles. The Bertz CT molecular complexity index is 882. The topological polar surface area (TPSA) is 59.8 Å². The average Bonchev–Trinajstić information content (AvgIpc) is 3.29. The Hall–Kier alpha value is -1.70. The lowest BCUT2D eigenvalue weighted by Crippen LogP contribution is -3.14. The van der Waals surface area contributed by atoms with Crippen LogP contribution in [-0.2, 0) is 16.0 Å². The number of esters is 1. The number of hydrogen-bond donors (Lipinski definition) is 2. The Labute approximate surface area is 167 Å². The Morgan fingerprint density at radius 2 is 2.11 bits per heavy atom. The lowest BCUT2D eigenvalue weighted by Gasteiger charge is -2.32. The first kappa shape index (κ1) is 18.7. The summed E-state index contributed by atoms with van der Waals surface area (Å²) in [4.78, 5) is 28.8. The maximum Gasteiger partial charge on any atom is 0.341 e. The third-order valence-corrected chi connectivity index (χ3v) is 7.86. The second-order valence-electron chi connectivity index (χ2n) is 7.48. The molecule has 1 amide bonds. The first-order chi connectivity index (χ1) is 13.0. The normalized spacial score (nSPS) is 21.6. The molecule has 2 aromatic rings. The molecule has 27 heavy (non-hydrogen) atoms. The lowest BCUT2D eigenvalue weighted by atomic mass is 9.96. The number of amides is 1. The number of carbonyl (C=O) groups is 2. The molecule has 2 atom stereocenters. The van der Waals surface area contributed by atoms with Crippen LogP contribution in [0.5, 0.6) is 0 Å². The summed E-state index contributed by atoms with van der Waals surface area (Å²) in [6, 6.07) is 2.69. The van der Waals surface area contributed by atoms with Crippen molar-refractivity contribution >= 4 is 39.6 Å². The molecule has 1 aliphatic heterocycles. The smallest absolute Gasteiger partial charge is 0.341 e. The molecule has 0 saturated heterocycles. The predicted octanol–water partition coefficient (Wildman–Crippen LogP) is 2.74. The van der Waals surface area contributed by atoms with E-state index in [1.807, 2.05) is 25.2 Å². The number of rotatable bonds is 5. The summed E-state index contributed by atoms with van der Waals surface area (Å²) in [5.74, 6) is 0.287. The van der Waals surface area contributed by atoms with Gasteiger partial charge in [0.2, 0.25) is 0 Å². The Kier molecular flexibility index (Phi) is 5.09. The van der Waals surface area contributed by atoms with E-state index in [4.69, 9.17) is 4.74 Å². The zero-order chi connectivity index (χ0) is 19.1. The van der Waals surface area contributed by atoms with E-state index in [9.17, 15) is 9.59 Å². The molecule has 1 fully saturated rings. The molecule has 2 N–H and O–H groups in total. The van der Waals surface area contributed by atoms with Gasteiger partial charge in [0.15, 0.2) is 6.54 Å². The van der Waals surface area contributed by atoms with Gasteiger partial charge in [0, 0.05) is 27.7 Å². The van der Waals surface area contributed by atoms with Crippen molar-refractivity contribution in [1.29, 1.82) is 0 Å². The molecular weight excluding hydrogens is 380 g/mol. The molecule has 144 valence electrons. The summed E-state index contributed by atoms with van der Waals surface area (Å²) in [6.07, 6.45) is 3.57. The molecule has 1 saturated carbocycles. The number of fused-ring (bicyclic) bond motifs is 1. The molecule has 0 spiro atoms. The zero-order valence-corrected chi connectivity index (χ0v) is 17.5. The lowest BCUT2D eigenvalue weighted by molar-refractivity contribution is -0.928. The van der Waals surface area contributed by atoms with Gasteiger partial charge in [0.25, 0.3) is 5.91 Å². The molecule has 1 aliphatic carbocycles. The second-order valence-corrected chi connectivity index (χ2v) is 9.70. The van der Waals surface area contributed by atoms with Crippen molar-refractivity contribution in [3.8, 4) is 0 Å². The molecule has 5 nitrogen and oxygen atoms in total. The molecule has 4 rings (SSSR count). The number of nitrogens with one attached hydrogen (secondary N) is 2. The van der Waals surface area contributed by atoms with Gasteiger partial charge in [-0.2, -0.15) is 0 Å². The summed E-state index contributed by atoms with van der Waals surface area (Å²) in [6.45, 7) is 5.28. The van der Waals surface area contributed by atoms with E-state index in [1.165, 1.54) is 46.6 Å². The first-order valence-electron chi connectivity index (χ1n) is 9.38. The number of quaternary nitrogens is 1. The fourth-order valence-electron chi connectivity index (χ4n) is 4.14. The zero-order valence-electron chi connectivity index (χ0n) is 15.9. The van der Waals surface area contributed by atoms with Crippen LogP contribution in [0.4, 0.5) is 5.00 Å². The van der Waals surface area contributed by atoms with Crippen molar-refractivity contribution in [2.45, 2.75) is 39.2 Å². The minimum atomic E-state index is -0.392. The number of aryl methyl sites for hydroxylation is 1. The third-order valence-electron chi connectivity index (χ3n) is 5.74. The average molecular weight is 406 g/mol. The maximum atomic E-state index is 12.8. The first-order valence-corrected chi connectivity index (χ1v) is 11.1. The fourth-order valence-corrected chi connectivity index (χ4v) is 6.13. The third kappa shape index (κ3) is 3.56. The Morgan fingerprint density at radius 3 is 2.81 bits per heavy atom. The molecule has 2 aromatic heterocycles. The van der Waals surface area contributed by atoms with Crippen LogP contribution in [0.2, 0.25) is 0 Å². The number of anilines is 1. The number of thiophene rings is 2. The van der Waals surface area contributed by atoms with Crippen molar-refractivity contribution in [3.63, 3.8) is 0 Å². The van der Waals surface area contributed by atoms with Crippen LogP contribution in [0, 0.1) is 19.8 Å². The molecule has 2 aliphatic rings. The van der Waals surface area contributed by atoms with Crippen LogP contribution in [-0.4, -0.2) is 32.1 Å². The highest BCUT2D eigenvalue weighted by Crippen LogP contribution is 2.42. The predicted molar refractivity (Wildman–Crippen MR) is 108 cm³/mol. The van der Waals surface area contributed by atoms with Gasteiger partial charge >= 0.3 is 5.97 Å². The van der Waals surface area contributed by atoms with Crippen LogP contribution < -0.4 is 10.2 Å². The second kappa shape index (κ2) is 7.37. The summed E-state index contributed by atoms with van der Waals surface area (Å²) >= 11 is 3.29. The number of ether oxygens (including phenoxy) is 1. The van der Waals surface area contributed by atoms with E-state index in [0.29, 0.717) is 29.1 Å². The molecule has 7 heteroatoms. The standard InChI is InChI=1S/C20H24N2O3S2/c1-11-12(2)27-19(17(11)20(24)25-3)21-16(23)10-22-8-6-15-14(7-9-26-15)18(22)13-4-5-13/h7,9,13,18H,4-6,8,10H2,1-3H3,(H,21,23)/p+1/t18-/m0/s1. The van der Waals surface area contributed by atoms with Gasteiger partial charge in [0.05, 0.1) is 19.2 Å². The summed E-state index contributed by atoms with van der Waals surface area (Å²) in [5, 5.41) is 5.79. The summed E-state index contributed by atoms with van der Waals surface area (Å²) < 4.78 is 4.90. The van der Waals surface area contributed by atoms with Crippen molar-refractivity contribution in [3.05, 3.63) is 37.9 Å². The molecule has 1 unspecified atom stereocenters. The van der Waals surface area contributed by atoms with E-state index in [1.54, 1.807) is 0 Å². The molecule has 0 radical (unpaired) electrons.